The number of nitrogens with zero attached hydrogens (tertiary/aromatic N) is 3. The third-order valence-electron chi connectivity index (χ3n) is 3.95. The lowest BCUT2D eigenvalue weighted by atomic mass is 10.1. The minimum atomic E-state index is -2.30. The van der Waals surface area contributed by atoms with Gasteiger partial charge in [-0.1, -0.05) is 18.2 Å². The molecule has 96 valence electrons. The molecule has 1 aliphatic heterocycles. The van der Waals surface area contributed by atoms with Gasteiger partial charge in [0.25, 0.3) is 5.82 Å². The molecule has 0 saturated heterocycles. The van der Waals surface area contributed by atoms with E-state index in [9.17, 15) is 0 Å². The van der Waals surface area contributed by atoms with Gasteiger partial charge in [0.15, 0.2) is 0 Å². The topological polar surface area (TPSA) is 34.8 Å². The number of imidazole rings is 1. The first-order valence-corrected chi connectivity index (χ1v) is 6.46. The van der Waals surface area contributed by atoms with Gasteiger partial charge in [-0.2, -0.15) is 4.57 Å². The Morgan fingerprint density at radius 1 is 1.30 bits per heavy atom. The summed E-state index contributed by atoms with van der Waals surface area (Å²) in [6.07, 6.45) is 1.64. The Bertz CT molecular complexity index is 1090. The molecule has 4 heteroatoms. The van der Waals surface area contributed by atoms with E-state index in [4.69, 9.17) is 8.53 Å². The zero-order valence-corrected chi connectivity index (χ0v) is 10.5. The summed E-state index contributed by atoms with van der Waals surface area (Å²) >= 11 is 0. The van der Waals surface area contributed by atoms with Crippen LogP contribution in [0, 0.1) is 0 Å². The Morgan fingerprint density at radius 2 is 2.25 bits per heavy atom. The van der Waals surface area contributed by atoms with Gasteiger partial charge in [0.1, 0.15) is 6.54 Å². The van der Waals surface area contributed by atoms with Gasteiger partial charge >= 0.3 is 5.71 Å². The molecule has 3 aromatic heterocycles. The molecule has 1 aromatic carbocycles. The maximum Gasteiger partial charge on any atom is 0.341 e. The number of aryl methyl sites for hydroxylation is 1. The Labute approximate surface area is 119 Å². The van der Waals surface area contributed by atoms with Crippen molar-refractivity contribution < 1.29 is 13.1 Å². The molecule has 0 radical (unpaired) electrons. The molecule has 0 N–H and O–H groups in total. The second-order valence-electron chi connectivity index (χ2n) is 5.01. The molecule has 1 aliphatic rings. The van der Waals surface area contributed by atoms with Crippen LogP contribution in [0.5, 0.6) is 0 Å². The third-order valence-corrected chi connectivity index (χ3v) is 3.95. The van der Waals surface area contributed by atoms with E-state index in [-0.39, 0.29) is 0 Å². The lowest BCUT2D eigenvalue weighted by Gasteiger charge is -1.94. The van der Waals surface area contributed by atoms with Crippen molar-refractivity contribution >= 4 is 22.3 Å². The highest BCUT2D eigenvalue weighted by atomic mass is 16.4. The molecule has 0 atom stereocenters. The highest BCUT2D eigenvalue weighted by Gasteiger charge is 2.35. The summed E-state index contributed by atoms with van der Waals surface area (Å²) in [4.78, 5) is 4.21. The molecule has 0 unspecified atom stereocenters. The van der Waals surface area contributed by atoms with E-state index in [2.05, 4.69) is 4.98 Å². The van der Waals surface area contributed by atoms with E-state index in [0.717, 1.165) is 16.5 Å². The number of furan rings is 1. The summed E-state index contributed by atoms with van der Waals surface area (Å²) in [5.74, 6) is 0.667. The predicted molar refractivity (Wildman–Crippen MR) is 75.2 cm³/mol. The number of hydrogen-bond acceptors (Lipinski definition) is 2. The lowest BCUT2D eigenvalue weighted by molar-refractivity contribution is -0.652. The molecule has 0 spiro atoms. The van der Waals surface area contributed by atoms with Crippen molar-refractivity contribution in [1.29, 1.82) is 0 Å². The largest absolute Gasteiger partial charge is 0.400 e. The normalized spacial score (nSPS) is 15.9. The van der Waals surface area contributed by atoms with Crippen LogP contribution in [0.1, 0.15) is 9.68 Å². The maximum absolute atomic E-state index is 8.02. The van der Waals surface area contributed by atoms with Gasteiger partial charge in [-0.15, -0.1) is 0 Å². The molecule has 0 aliphatic carbocycles. The summed E-state index contributed by atoms with van der Waals surface area (Å²) in [5.41, 5.74) is 3.63. The van der Waals surface area contributed by atoms with Crippen molar-refractivity contribution in [3.05, 3.63) is 48.2 Å². The van der Waals surface area contributed by atoms with E-state index in [1.807, 2.05) is 34.9 Å². The minimum absolute atomic E-state index is 0.460. The molecule has 0 bridgehead atoms. The number of hydrogen-bond donors (Lipinski definition) is 0. The molecule has 0 amide bonds. The van der Waals surface area contributed by atoms with Gasteiger partial charge in [-0.25, -0.2) is 9.55 Å². The second-order valence-corrected chi connectivity index (χ2v) is 5.01. The summed E-state index contributed by atoms with van der Waals surface area (Å²) in [7, 11) is 0. The Balaban J connectivity index is 2.01. The van der Waals surface area contributed by atoms with Crippen molar-refractivity contribution in [3.63, 3.8) is 0 Å². The van der Waals surface area contributed by atoms with Crippen LogP contribution in [0.2, 0.25) is 0 Å². The fraction of sp³-hybridized carbons (Fsp3) is 0.125. The first-order chi connectivity index (χ1) is 11.1. The smallest absolute Gasteiger partial charge is 0.341 e. The standard InChI is InChI=1S/C16H12N3O/c1-18-13-12-7-4-8-17-14(12)20-16(13)19-9-10-5-2-3-6-11(10)15(18)19/h2-8H,9H2,1H3/q+1/i1D3. The number of fused-ring (bicyclic) bond motifs is 7. The van der Waals surface area contributed by atoms with Crippen LogP contribution in [0.3, 0.4) is 0 Å². The summed E-state index contributed by atoms with van der Waals surface area (Å²) in [6, 6.07) is 11.5. The van der Waals surface area contributed by atoms with Crippen molar-refractivity contribution in [2.24, 2.45) is 6.98 Å². The van der Waals surface area contributed by atoms with Crippen molar-refractivity contribution in [3.8, 4) is 11.4 Å². The highest BCUT2D eigenvalue weighted by Crippen LogP contribution is 2.34. The van der Waals surface area contributed by atoms with Crippen LogP contribution in [0.4, 0.5) is 0 Å². The fourth-order valence-corrected chi connectivity index (χ4v) is 3.09. The average molecular weight is 265 g/mol. The van der Waals surface area contributed by atoms with Gasteiger partial charge in [-0.3, -0.25) is 0 Å². The Hall–Kier alpha value is -2.62. The summed E-state index contributed by atoms with van der Waals surface area (Å²) in [6.45, 7) is -1.70. The maximum atomic E-state index is 8.02. The molecular formula is C16H12N3O+. The number of pyridine rings is 1. The van der Waals surface area contributed by atoms with E-state index < -0.39 is 6.98 Å². The van der Waals surface area contributed by atoms with E-state index in [0.29, 0.717) is 29.3 Å². The van der Waals surface area contributed by atoms with E-state index in [1.165, 1.54) is 4.57 Å². The lowest BCUT2D eigenvalue weighted by Crippen LogP contribution is -2.31. The van der Waals surface area contributed by atoms with E-state index in [1.54, 1.807) is 12.3 Å². The van der Waals surface area contributed by atoms with Crippen LogP contribution >= 0.6 is 0 Å². The van der Waals surface area contributed by atoms with Gasteiger partial charge in [0.2, 0.25) is 11.2 Å². The van der Waals surface area contributed by atoms with Crippen LogP contribution in [0.25, 0.3) is 33.7 Å². The SMILES string of the molecule is [2H]C([2H])([2H])n1c2[n+](c3oc4ncccc4c31)Cc1ccccc1-2. The monoisotopic (exact) mass is 265 g/mol. The number of aromatic nitrogens is 3. The zero-order valence-electron chi connectivity index (χ0n) is 13.5. The molecule has 0 saturated carbocycles. The quantitative estimate of drug-likeness (QED) is 0.403. The highest BCUT2D eigenvalue weighted by molar-refractivity contribution is 5.99. The molecule has 20 heavy (non-hydrogen) atoms. The van der Waals surface area contributed by atoms with Crippen LogP contribution in [-0.2, 0) is 13.5 Å². The Morgan fingerprint density at radius 3 is 3.20 bits per heavy atom. The summed E-state index contributed by atoms with van der Waals surface area (Å²) in [5, 5.41) is 0.720. The number of benzene rings is 1. The van der Waals surface area contributed by atoms with Gasteiger partial charge < -0.3 is 4.42 Å². The third kappa shape index (κ3) is 1.04. The molecule has 5 rings (SSSR count). The van der Waals surface area contributed by atoms with Crippen molar-refractivity contribution in [2.75, 3.05) is 0 Å². The van der Waals surface area contributed by atoms with E-state index >= 15 is 0 Å². The molecular weight excluding hydrogens is 250 g/mol. The van der Waals surface area contributed by atoms with Crippen molar-refractivity contribution in [1.82, 2.24) is 9.55 Å². The molecule has 0 fully saturated rings. The van der Waals surface area contributed by atoms with Crippen LogP contribution < -0.4 is 4.57 Å². The molecule has 4 heterocycles. The zero-order chi connectivity index (χ0) is 15.8. The van der Waals surface area contributed by atoms with Crippen LogP contribution in [0.15, 0.2) is 47.0 Å². The predicted octanol–water partition coefficient (Wildman–Crippen LogP) is 2.64. The van der Waals surface area contributed by atoms with Gasteiger partial charge in [0.05, 0.1) is 22.0 Å². The number of rotatable bonds is 0. The van der Waals surface area contributed by atoms with Crippen molar-refractivity contribution in [2.45, 2.75) is 6.54 Å². The summed E-state index contributed by atoms with van der Waals surface area (Å²) < 4.78 is 33.3. The second kappa shape index (κ2) is 3.28. The first kappa shape index (κ1) is 7.85. The van der Waals surface area contributed by atoms with Crippen LogP contribution in [-0.4, -0.2) is 9.55 Å². The van der Waals surface area contributed by atoms with Gasteiger partial charge in [0, 0.05) is 11.8 Å². The van der Waals surface area contributed by atoms with Gasteiger partial charge in [-0.05, 0) is 18.2 Å². The minimum Gasteiger partial charge on any atom is -0.400 e. The molecule has 4 aromatic rings. The first-order valence-electron chi connectivity index (χ1n) is 7.96. The fourth-order valence-electron chi connectivity index (χ4n) is 3.09. The Kier molecular flexibility index (Phi) is 1.29. The molecule has 4 nitrogen and oxygen atoms in total. The average Bonchev–Trinajstić information content (AvgIpc) is 3.13.